The Morgan fingerprint density at radius 2 is 1.87 bits per heavy atom. The van der Waals surface area contributed by atoms with Crippen LogP contribution >= 0.6 is 0 Å². The van der Waals surface area contributed by atoms with Gasteiger partial charge in [0.05, 0.1) is 23.7 Å². The minimum Gasteiger partial charge on any atom is -0.493 e. The van der Waals surface area contributed by atoms with Gasteiger partial charge in [0.25, 0.3) is 0 Å². The van der Waals surface area contributed by atoms with Crippen LogP contribution in [-0.2, 0) is 13.7 Å². The van der Waals surface area contributed by atoms with Crippen molar-refractivity contribution < 1.29 is 13.9 Å². The highest BCUT2D eigenvalue weighted by Crippen LogP contribution is 2.31. The van der Waals surface area contributed by atoms with E-state index in [1.165, 1.54) is 13.2 Å². The number of imidazole rings is 1. The molecular formula is C25H20FN3O2. The van der Waals surface area contributed by atoms with Gasteiger partial charge in [0, 0.05) is 12.6 Å². The molecule has 0 radical (unpaired) electrons. The minimum atomic E-state index is -0.317. The van der Waals surface area contributed by atoms with E-state index in [4.69, 9.17) is 9.47 Å². The van der Waals surface area contributed by atoms with Gasteiger partial charge < -0.3 is 14.0 Å². The molecule has 0 bridgehead atoms. The van der Waals surface area contributed by atoms with Gasteiger partial charge >= 0.3 is 0 Å². The molecule has 4 rings (SSSR count). The molecule has 31 heavy (non-hydrogen) atoms. The van der Waals surface area contributed by atoms with Crippen LogP contribution in [0.25, 0.3) is 22.7 Å². The standard InChI is InChI=1S/C25H20FN3O2/c1-29-22-10-6-5-9-21(22)28-25(29)19(15-27)13-17-11-12-23(24(14-17)30-2)31-16-18-7-3-4-8-20(18)26/h3-14H,16H2,1-2H3/b19-13-. The number of methoxy groups -OCH3 is 1. The van der Waals surface area contributed by atoms with Gasteiger partial charge in [0.15, 0.2) is 17.3 Å². The zero-order chi connectivity index (χ0) is 21.8. The summed E-state index contributed by atoms with van der Waals surface area (Å²) in [6.07, 6.45) is 1.75. The van der Waals surface area contributed by atoms with Crippen LogP contribution in [0.4, 0.5) is 4.39 Å². The highest BCUT2D eigenvalue weighted by molar-refractivity contribution is 5.91. The fourth-order valence-electron chi connectivity index (χ4n) is 3.36. The SMILES string of the molecule is COc1cc(/C=C(/C#N)c2nc3ccccc3n2C)ccc1OCc1ccccc1F. The van der Waals surface area contributed by atoms with Crippen molar-refractivity contribution in [3.05, 3.63) is 89.5 Å². The van der Waals surface area contributed by atoms with Crippen LogP contribution < -0.4 is 9.47 Å². The summed E-state index contributed by atoms with van der Waals surface area (Å²) in [5.74, 6) is 1.25. The van der Waals surface area contributed by atoms with E-state index in [1.807, 2.05) is 41.9 Å². The largest absolute Gasteiger partial charge is 0.493 e. The first-order valence-corrected chi connectivity index (χ1v) is 9.68. The van der Waals surface area contributed by atoms with Crippen molar-refractivity contribution >= 4 is 22.7 Å². The van der Waals surface area contributed by atoms with Gasteiger partial charge in [0.1, 0.15) is 18.5 Å². The number of nitriles is 1. The Bertz CT molecular complexity index is 1320. The molecule has 3 aromatic carbocycles. The first-order chi connectivity index (χ1) is 15.1. The second-order valence-electron chi connectivity index (χ2n) is 6.94. The number of hydrogen-bond acceptors (Lipinski definition) is 4. The van der Waals surface area contributed by atoms with Crippen molar-refractivity contribution in [1.82, 2.24) is 9.55 Å². The van der Waals surface area contributed by atoms with E-state index >= 15 is 0 Å². The zero-order valence-electron chi connectivity index (χ0n) is 17.2. The average Bonchev–Trinajstić information content (AvgIpc) is 3.13. The summed E-state index contributed by atoms with van der Waals surface area (Å²) in [6, 6.07) is 21.8. The van der Waals surface area contributed by atoms with Crippen LogP contribution in [0, 0.1) is 17.1 Å². The highest BCUT2D eigenvalue weighted by Gasteiger charge is 2.13. The molecule has 0 N–H and O–H groups in total. The lowest BCUT2D eigenvalue weighted by molar-refractivity contribution is 0.279. The van der Waals surface area contributed by atoms with E-state index in [0.29, 0.717) is 28.5 Å². The van der Waals surface area contributed by atoms with Gasteiger partial charge in [-0.3, -0.25) is 0 Å². The number of aryl methyl sites for hydroxylation is 1. The van der Waals surface area contributed by atoms with Crippen molar-refractivity contribution in [1.29, 1.82) is 5.26 Å². The normalized spacial score (nSPS) is 11.4. The van der Waals surface area contributed by atoms with Crippen LogP contribution in [-0.4, -0.2) is 16.7 Å². The minimum absolute atomic E-state index is 0.0848. The first-order valence-electron chi connectivity index (χ1n) is 9.68. The lowest BCUT2D eigenvalue weighted by Crippen LogP contribution is -2.00. The Kier molecular flexibility index (Phi) is 5.67. The monoisotopic (exact) mass is 413 g/mol. The predicted octanol–water partition coefficient (Wildman–Crippen LogP) is 5.36. The summed E-state index contributed by atoms with van der Waals surface area (Å²) in [6.45, 7) is 0.0848. The van der Waals surface area contributed by atoms with Crippen molar-refractivity contribution in [3.63, 3.8) is 0 Å². The molecule has 0 fully saturated rings. The smallest absolute Gasteiger partial charge is 0.161 e. The van der Waals surface area contributed by atoms with E-state index in [2.05, 4.69) is 11.1 Å². The average molecular weight is 413 g/mol. The molecule has 0 atom stereocenters. The number of para-hydroxylation sites is 2. The second-order valence-corrected chi connectivity index (χ2v) is 6.94. The number of allylic oxidation sites excluding steroid dienone is 1. The molecule has 6 heteroatoms. The topological polar surface area (TPSA) is 60.1 Å². The van der Waals surface area contributed by atoms with Gasteiger partial charge in [-0.25, -0.2) is 9.37 Å². The maximum absolute atomic E-state index is 13.8. The molecule has 0 saturated heterocycles. The van der Waals surface area contributed by atoms with Gasteiger partial charge in [-0.1, -0.05) is 36.4 Å². The van der Waals surface area contributed by atoms with Gasteiger partial charge in [-0.05, 0) is 42.0 Å². The summed E-state index contributed by atoms with van der Waals surface area (Å²) in [5, 5.41) is 9.74. The van der Waals surface area contributed by atoms with E-state index < -0.39 is 0 Å². The zero-order valence-corrected chi connectivity index (χ0v) is 17.2. The molecule has 5 nitrogen and oxygen atoms in total. The molecule has 0 saturated carbocycles. The Labute approximate surface area is 179 Å². The molecular weight excluding hydrogens is 393 g/mol. The summed E-state index contributed by atoms with van der Waals surface area (Å²) in [4.78, 5) is 4.59. The van der Waals surface area contributed by atoms with Crippen molar-refractivity contribution in [2.24, 2.45) is 7.05 Å². The van der Waals surface area contributed by atoms with Crippen LogP contribution in [0.15, 0.2) is 66.7 Å². The lowest BCUT2D eigenvalue weighted by atomic mass is 10.1. The lowest BCUT2D eigenvalue weighted by Gasteiger charge is -2.12. The van der Waals surface area contributed by atoms with Gasteiger partial charge in [0.2, 0.25) is 0 Å². The summed E-state index contributed by atoms with van der Waals surface area (Å²) in [7, 11) is 3.42. The Balaban J connectivity index is 1.63. The molecule has 0 unspecified atom stereocenters. The molecule has 0 aliphatic carbocycles. The molecule has 0 amide bonds. The predicted molar refractivity (Wildman–Crippen MR) is 118 cm³/mol. The number of fused-ring (bicyclic) bond motifs is 1. The fourth-order valence-corrected chi connectivity index (χ4v) is 3.36. The molecule has 4 aromatic rings. The number of rotatable bonds is 6. The molecule has 1 heterocycles. The Morgan fingerprint density at radius 1 is 1.10 bits per heavy atom. The second kappa shape index (κ2) is 8.72. The van der Waals surface area contributed by atoms with E-state index in [-0.39, 0.29) is 12.4 Å². The van der Waals surface area contributed by atoms with Gasteiger partial charge in [-0.2, -0.15) is 5.26 Å². The van der Waals surface area contributed by atoms with Crippen LogP contribution in [0.3, 0.4) is 0 Å². The number of nitrogens with zero attached hydrogens (tertiary/aromatic N) is 3. The van der Waals surface area contributed by atoms with E-state index in [1.54, 1.807) is 36.4 Å². The molecule has 0 aliphatic rings. The molecule has 0 aliphatic heterocycles. The third-order valence-corrected chi connectivity index (χ3v) is 4.99. The molecule has 154 valence electrons. The maximum Gasteiger partial charge on any atom is 0.161 e. The fraction of sp³-hybridized carbons (Fsp3) is 0.120. The van der Waals surface area contributed by atoms with Crippen LogP contribution in [0.5, 0.6) is 11.5 Å². The highest BCUT2D eigenvalue weighted by atomic mass is 19.1. The van der Waals surface area contributed by atoms with E-state index in [9.17, 15) is 9.65 Å². The summed E-state index contributed by atoms with van der Waals surface area (Å²) in [5.41, 5.74) is 3.44. The van der Waals surface area contributed by atoms with E-state index in [0.717, 1.165) is 16.6 Å². The van der Waals surface area contributed by atoms with Crippen LogP contribution in [0.2, 0.25) is 0 Å². The summed E-state index contributed by atoms with van der Waals surface area (Å²) >= 11 is 0. The quantitative estimate of drug-likeness (QED) is 0.399. The summed E-state index contributed by atoms with van der Waals surface area (Å²) < 4.78 is 26.9. The van der Waals surface area contributed by atoms with Crippen LogP contribution in [0.1, 0.15) is 17.0 Å². The maximum atomic E-state index is 13.8. The third-order valence-electron chi connectivity index (χ3n) is 4.99. The van der Waals surface area contributed by atoms with Gasteiger partial charge in [-0.15, -0.1) is 0 Å². The number of halogens is 1. The number of aromatic nitrogens is 2. The Morgan fingerprint density at radius 3 is 2.61 bits per heavy atom. The number of hydrogen-bond donors (Lipinski definition) is 0. The number of benzene rings is 3. The number of ether oxygens (including phenoxy) is 2. The van der Waals surface area contributed by atoms with Crippen molar-refractivity contribution in [2.75, 3.05) is 7.11 Å². The molecule has 1 aromatic heterocycles. The first kappa shape index (κ1) is 20.2. The third kappa shape index (κ3) is 4.12. The van der Waals surface area contributed by atoms with Crippen molar-refractivity contribution in [3.8, 4) is 17.6 Å². The van der Waals surface area contributed by atoms with Crippen molar-refractivity contribution in [2.45, 2.75) is 6.61 Å². The molecule has 0 spiro atoms. The Hall–Kier alpha value is -4.11.